The quantitative estimate of drug-likeness (QED) is 0.0247. The highest BCUT2D eigenvalue weighted by Crippen LogP contribution is 2.16. The molecule has 3 atom stereocenters. The van der Waals surface area contributed by atoms with E-state index in [1.807, 2.05) is 48.6 Å². The largest absolute Gasteiger partial charge is 0.462 e. The summed E-state index contributed by atoms with van der Waals surface area (Å²) < 4.78 is 5.87. The Bertz CT molecular complexity index is 1250. The maximum atomic E-state index is 13.1. The molecule has 0 fully saturated rings. The van der Waals surface area contributed by atoms with Gasteiger partial charge < -0.3 is 20.3 Å². The topological polar surface area (TPSA) is 95.9 Å². The van der Waals surface area contributed by atoms with Gasteiger partial charge in [0.05, 0.1) is 25.2 Å². The highest BCUT2D eigenvalue weighted by molar-refractivity contribution is 5.77. The Hall–Kier alpha value is -3.48. The third-order valence-electron chi connectivity index (χ3n) is 10.2. The minimum atomic E-state index is -0.815. The third kappa shape index (κ3) is 41.3. The zero-order valence-electron chi connectivity index (χ0n) is 38.5. The van der Waals surface area contributed by atoms with Crippen LogP contribution in [-0.4, -0.2) is 46.9 Å². The summed E-state index contributed by atoms with van der Waals surface area (Å²) >= 11 is 0. The van der Waals surface area contributed by atoms with Crippen molar-refractivity contribution in [1.82, 2.24) is 5.32 Å². The predicted molar refractivity (Wildman–Crippen MR) is 259 cm³/mol. The van der Waals surface area contributed by atoms with Crippen LogP contribution in [0.1, 0.15) is 194 Å². The van der Waals surface area contributed by atoms with Crippen LogP contribution in [0.15, 0.2) is 109 Å². The monoisotopic (exact) mass is 832 g/mol. The molecule has 0 aromatic carbocycles. The van der Waals surface area contributed by atoms with Gasteiger partial charge in [-0.3, -0.25) is 9.59 Å². The van der Waals surface area contributed by atoms with E-state index >= 15 is 0 Å². The van der Waals surface area contributed by atoms with Crippen molar-refractivity contribution in [3.8, 4) is 0 Å². The first-order valence-electron chi connectivity index (χ1n) is 24.2. The van der Waals surface area contributed by atoms with Crippen LogP contribution >= 0.6 is 0 Å². The zero-order chi connectivity index (χ0) is 43.8. The molecular formula is C54H89NO5. The van der Waals surface area contributed by atoms with E-state index in [4.69, 9.17) is 4.74 Å². The maximum absolute atomic E-state index is 13.1. The molecule has 3 unspecified atom stereocenters. The summed E-state index contributed by atoms with van der Waals surface area (Å²) in [6.07, 6.45) is 62.9. The molecule has 0 saturated carbocycles. The van der Waals surface area contributed by atoms with Gasteiger partial charge in [-0.15, -0.1) is 0 Å². The van der Waals surface area contributed by atoms with Crippen LogP contribution in [0.4, 0.5) is 0 Å². The van der Waals surface area contributed by atoms with Crippen LogP contribution in [0.5, 0.6) is 0 Å². The van der Waals surface area contributed by atoms with Crippen molar-refractivity contribution >= 4 is 11.9 Å². The number of rotatable bonds is 41. The summed E-state index contributed by atoms with van der Waals surface area (Å²) in [5, 5.41) is 23.6. The van der Waals surface area contributed by atoms with Crippen LogP contribution in [0, 0.1) is 0 Å². The number of carbonyl (C=O) groups is 2. The first kappa shape index (κ1) is 56.5. The van der Waals surface area contributed by atoms with Crippen LogP contribution in [-0.2, 0) is 14.3 Å². The lowest BCUT2D eigenvalue weighted by molar-refractivity contribution is -0.151. The summed E-state index contributed by atoms with van der Waals surface area (Å²) in [4.78, 5) is 26.0. The Balaban J connectivity index is 4.83. The number of allylic oxidation sites excluding steroid dienone is 18. The van der Waals surface area contributed by atoms with Crippen molar-refractivity contribution in [3.63, 3.8) is 0 Å². The number of hydrogen-bond acceptors (Lipinski definition) is 5. The van der Waals surface area contributed by atoms with Crippen molar-refractivity contribution < 1.29 is 24.5 Å². The van der Waals surface area contributed by atoms with Crippen LogP contribution in [0.25, 0.3) is 0 Å². The molecule has 0 aromatic heterocycles. The zero-order valence-corrected chi connectivity index (χ0v) is 38.5. The van der Waals surface area contributed by atoms with Gasteiger partial charge in [0.25, 0.3) is 0 Å². The molecule has 0 aliphatic heterocycles. The second-order valence-electron chi connectivity index (χ2n) is 15.9. The minimum Gasteiger partial charge on any atom is -0.462 e. The fourth-order valence-electron chi connectivity index (χ4n) is 6.56. The Morgan fingerprint density at radius 1 is 0.517 bits per heavy atom. The number of unbranched alkanes of at least 4 members (excludes halogenated alkanes) is 15. The number of nitrogens with one attached hydrogen (secondary N) is 1. The van der Waals surface area contributed by atoms with Gasteiger partial charge in [-0.1, -0.05) is 207 Å². The summed E-state index contributed by atoms with van der Waals surface area (Å²) in [6.45, 7) is 6.24. The van der Waals surface area contributed by atoms with Crippen molar-refractivity contribution in [2.45, 2.75) is 212 Å². The second-order valence-corrected chi connectivity index (χ2v) is 15.9. The molecule has 0 spiro atoms. The lowest BCUT2D eigenvalue weighted by Gasteiger charge is -2.24. The number of esters is 1. The Morgan fingerprint density at radius 3 is 1.57 bits per heavy atom. The highest BCUT2D eigenvalue weighted by Gasteiger charge is 2.24. The smallest absolute Gasteiger partial charge is 0.306 e. The van der Waals surface area contributed by atoms with Crippen molar-refractivity contribution in [3.05, 3.63) is 109 Å². The normalized spacial score (nSPS) is 14.3. The summed E-state index contributed by atoms with van der Waals surface area (Å²) in [7, 11) is 0. The number of carbonyl (C=O) groups excluding carboxylic acids is 2. The molecule has 0 aromatic rings. The number of aliphatic hydroxyl groups excluding tert-OH is 2. The van der Waals surface area contributed by atoms with Gasteiger partial charge in [0.1, 0.15) is 6.10 Å². The molecule has 0 heterocycles. The average molecular weight is 832 g/mol. The van der Waals surface area contributed by atoms with Gasteiger partial charge in [-0.05, 0) is 83.5 Å². The first-order valence-corrected chi connectivity index (χ1v) is 24.2. The standard InChI is InChI=1S/C54H89NO5/c1-4-7-10-13-16-19-21-23-25-26-28-29-31-34-36-39-42-45-50(48-53(58)55-51(49-56)52(57)46-43-40-37-33-18-15-12-9-6-3)60-54(59)47-44-41-38-35-32-30-27-24-22-20-17-14-11-8-5-2/h8,11,14,16-17,19-20,22-25,27-30,32,34,36,50-52,56-57H,4-7,9-10,12-13,15,18,21,26,31,33,35,37-49H2,1-3H3,(H,55,58)/b11-8+,17-14+,19-16-,22-20-,25-23-,27-24-,29-28-,32-30+,36-34-. The molecule has 0 aliphatic rings. The highest BCUT2D eigenvalue weighted by atomic mass is 16.5. The molecule has 0 radical (unpaired) electrons. The lowest BCUT2D eigenvalue weighted by atomic mass is 10.0. The molecule has 0 rings (SSSR count). The van der Waals surface area contributed by atoms with Gasteiger partial charge in [-0.25, -0.2) is 0 Å². The summed E-state index contributed by atoms with van der Waals surface area (Å²) in [6, 6.07) is -0.734. The van der Waals surface area contributed by atoms with Crippen molar-refractivity contribution in [2.75, 3.05) is 6.61 Å². The summed E-state index contributed by atoms with van der Waals surface area (Å²) in [5.74, 6) is -0.591. The van der Waals surface area contributed by atoms with Crippen LogP contribution in [0.2, 0.25) is 0 Å². The van der Waals surface area contributed by atoms with E-state index in [-0.39, 0.29) is 24.9 Å². The van der Waals surface area contributed by atoms with Crippen molar-refractivity contribution in [2.24, 2.45) is 0 Å². The second kappa shape index (κ2) is 46.6. The van der Waals surface area contributed by atoms with Crippen LogP contribution < -0.4 is 5.32 Å². The molecule has 60 heavy (non-hydrogen) atoms. The fraction of sp³-hybridized carbons (Fsp3) is 0.630. The summed E-state index contributed by atoms with van der Waals surface area (Å²) in [5.41, 5.74) is 0. The van der Waals surface area contributed by atoms with Gasteiger partial charge >= 0.3 is 5.97 Å². The predicted octanol–water partition coefficient (Wildman–Crippen LogP) is 14.3. The molecular weight excluding hydrogens is 743 g/mol. The fourth-order valence-corrected chi connectivity index (χ4v) is 6.56. The third-order valence-corrected chi connectivity index (χ3v) is 10.2. The Kier molecular flexibility index (Phi) is 43.9. The first-order chi connectivity index (χ1) is 29.5. The Morgan fingerprint density at radius 2 is 0.983 bits per heavy atom. The number of amides is 1. The maximum Gasteiger partial charge on any atom is 0.306 e. The molecule has 6 heteroatoms. The molecule has 340 valence electrons. The molecule has 6 nitrogen and oxygen atoms in total. The molecule has 3 N–H and O–H groups in total. The van der Waals surface area contributed by atoms with E-state index in [2.05, 4.69) is 86.8 Å². The minimum absolute atomic E-state index is 0.0152. The van der Waals surface area contributed by atoms with E-state index in [1.54, 1.807) is 0 Å². The van der Waals surface area contributed by atoms with E-state index in [1.165, 1.54) is 64.2 Å². The molecule has 0 bridgehead atoms. The van der Waals surface area contributed by atoms with Gasteiger partial charge in [0.2, 0.25) is 5.91 Å². The average Bonchev–Trinajstić information content (AvgIpc) is 3.24. The van der Waals surface area contributed by atoms with Crippen LogP contribution in [0.3, 0.4) is 0 Å². The lowest BCUT2D eigenvalue weighted by Crippen LogP contribution is -2.46. The van der Waals surface area contributed by atoms with Gasteiger partial charge in [0, 0.05) is 6.42 Å². The van der Waals surface area contributed by atoms with Crippen molar-refractivity contribution in [1.29, 1.82) is 0 Å². The van der Waals surface area contributed by atoms with E-state index in [9.17, 15) is 19.8 Å². The number of hydrogen-bond donors (Lipinski definition) is 3. The molecule has 1 amide bonds. The number of aliphatic hydroxyl groups is 2. The van der Waals surface area contributed by atoms with E-state index in [0.29, 0.717) is 19.3 Å². The SMILES string of the molecule is CC/C=C/C=C/C=C\C=C/C=C/CCCCCC(=O)OC(CCC/C=C\C/C=C\C/C=C\C/C=C\CCCCC)CC(=O)NC(CO)C(O)CCCCCCCCCCC. The van der Waals surface area contributed by atoms with Gasteiger partial charge in [0.15, 0.2) is 0 Å². The number of ether oxygens (including phenoxy) is 1. The molecule has 0 aliphatic carbocycles. The van der Waals surface area contributed by atoms with Gasteiger partial charge in [-0.2, -0.15) is 0 Å². The Labute approximate surface area is 368 Å². The van der Waals surface area contributed by atoms with E-state index in [0.717, 1.165) is 83.5 Å². The van der Waals surface area contributed by atoms with E-state index < -0.39 is 18.2 Å². The molecule has 0 saturated heterocycles.